The van der Waals surface area contributed by atoms with Gasteiger partial charge in [-0.05, 0) is 60.2 Å². The number of cyclic esters (lactones) is 1. The number of halogens is 1. The number of carbonyl (C=O) groups is 1. The lowest BCUT2D eigenvalue weighted by atomic mass is 10.1. The number of thioether (sulfide) groups is 1. The lowest BCUT2D eigenvalue weighted by Crippen LogP contribution is -2.05. The molecule has 0 N–H and O–H groups in total. The highest BCUT2D eigenvalue weighted by molar-refractivity contribution is 7.99. The normalized spacial score (nSPS) is 14.2. The summed E-state index contributed by atoms with van der Waals surface area (Å²) in [6, 6.07) is 22.6. The smallest absolute Gasteiger partial charge is 0.363 e. The molecule has 0 saturated heterocycles. The van der Waals surface area contributed by atoms with E-state index in [4.69, 9.17) is 25.8 Å². The quantitative estimate of drug-likeness (QED) is 0.180. The number of hydrogen-bond donors (Lipinski definition) is 0. The van der Waals surface area contributed by atoms with Crippen LogP contribution < -0.4 is 9.47 Å². The summed E-state index contributed by atoms with van der Waals surface area (Å²) in [6.45, 7) is 0.539. The highest BCUT2D eigenvalue weighted by Gasteiger charge is 2.24. The average Bonchev–Trinajstić information content (AvgIpc) is 3.18. The van der Waals surface area contributed by atoms with Crippen molar-refractivity contribution in [3.05, 3.63) is 94.6 Å². The van der Waals surface area contributed by atoms with Gasteiger partial charge in [0.15, 0.2) is 17.2 Å². The van der Waals surface area contributed by atoms with E-state index in [0.29, 0.717) is 28.7 Å². The molecule has 32 heavy (non-hydrogen) atoms. The third-order valence-corrected chi connectivity index (χ3v) is 5.78. The van der Waals surface area contributed by atoms with Crippen LogP contribution in [0.4, 0.5) is 0 Å². The molecule has 0 fully saturated rings. The number of esters is 1. The summed E-state index contributed by atoms with van der Waals surface area (Å²) in [5, 5.41) is 0.600. The van der Waals surface area contributed by atoms with Crippen molar-refractivity contribution in [2.75, 3.05) is 19.5 Å². The predicted molar refractivity (Wildman–Crippen MR) is 128 cm³/mol. The van der Waals surface area contributed by atoms with E-state index in [9.17, 15) is 4.79 Å². The molecule has 0 aromatic heterocycles. The molecule has 0 unspecified atom stereocenters. The Morgan fingerprint density at radius 1 is 1.03 bits per heavy atom. The Labute approximate surface area is 195 Å². The summed E-state index contributed by atoms with van der Waals surface area (Å²) in [6.07, 6.45) is 1.66. The summed E-state index contributed by atoms with van der Waals surface area (Å²) in [4.78, 5) is 17.8. The SMILES string of the molecule is COc1cc(/C=C2/N=C(c3ccc(Cl)cc3)OC2=O)ccc1OCCSc1ccccc1. The van der Waals surface area contributed by atoms with Crippen molar-refractivity contribution in [1.82, 2.24) is 0 Å². The van der Waals surface area contributed by atoms with Crippen molar-refractivity contribution in [2.24, 2.45) is 4.99 Å². The Balaban J connectivity index is 1.43. The van der Waals surface area contributed by atoms with Crippen molar-refractivity contribution in [3.8, 4) is 11.5 Å². The van der Waals surface area contributed by atoms with Crippen molar-refractivity contribution in [2.45, 2.75) is 4.90 Å². The van der Waals surface area contributed by atoms with Gasteiger partial charge in [0, 0.05) is 21.2 Å². The zero-order chi connectivity index (χ0) is 22.3. The van der Waals surface area contributed by atoms with E-state index in [1.807, 2.05) is 30.3 Å². The fraction of sp³-hybridized carbons (Fsp3) is 0.120. The Bertz CT molecular complexity index is 1160. The van der Waals surface area contributed by atoms with Crippen molar-refractivity contribution in [1.29, 1.82) is 0 Å². The van der Waals surface area contributed by atoms with Crippen LogP contribution in [0.3, 0.4) is 0 Å². The first-order chi connectivity index (χ1) is 15.6. The maximum absolute atomic E-state index is 12.3. The molecule has 0 bridgehead atoms. The highest BCUT2D eigenvalue weighted by atomic mass is 35.5. The number of benzene rings is 3. The number of ether oxygens (including phenoxy) is 3. The molecule has 0 aliphatic carbocycles. The van der Waals surface area contributed by atoms with Crippen LogP contribution in [0, 0.1) is 0 Å². The first-order valence-electron chi connectivity index (χ1n) is 9.89. The lowest BCUT2D eigenvalue weighted by Gasteiger charge is -2.11. The maximum Gasteiger partial charge on any atom is 0.363 e. The number of nitrogens with zero attached hydrogens (tertiary/aromatic N) is 1. The molecule has 0 saturated carbocycles. The third kappa shape index (κ3) is 5.52. The minimum absolute atomic E-state index is 0.213. The first kappa shape index (κ1) is 22.0. The Kier molecular flexibility index (Phi) is 7.14. The van der Waals surface area contributed by atoms with Crippen molar-refractivity contribution >= 4 is 41.3 Å². The van der Waals surface area contributed by atoms with Crippen LogP contribution in [-0.2, 0) is 9.53 Å². The van der Waals surface area contributed by atoms with Crippen molar-refractivity contribution in [3.63, 3.8) is 0 Å². The zero-order valence-electron chi connectivity index (χ0n) is 17.3. The average molecular weight is 466 g/mol. The van der Waals surface area contributed by atoms with E-state index in [1.54, 1.807) is 55.3 Å². The zero-order valence-corrected chi connectivity index (χ0v) is 18.9. The van der Waals surface area contributed by atoms with Gasteiger partial charge >= 0.3 is 5.97 Å². The van der Waals surface area contributed by atoms with Gasteiger partial charge in [-0.15, -0.1) is 11.8 Å². The predicted octanol–water partition coefficient (Wildman–Crippen LogP) is 5.86. The van der Waals surface area contributed by atoms with Crippen LogP contribution in [0.2, 0.25) is 5.02 Å². The molecule has 162 valence electrons. The molecule has 1 heterocycles. The number of aliphatic imine (C=N–C) groups is 1. The second-order valence-electron chi connectivity index (χ2n) is 6.76. The van der Waals surface area contributed by atoms with Gasteiger partial charge in [0.2, 0.25) is 5.90 Å². The molecule has 0 atom stereocenters. The van der Waals surface area contributed by atoms with Crippen LogP contribution in [0.5, 0.6) is 11.5 Å². The van der Waals surface area contributed by atoms with E-state index in [1.165, 1.54) is 4.90 Å². The van der Waals surface area contributed by atoms with Crippen LogP contribution in [-0.4, -0.2) is 31.3 Å². The molecule has 0 amide bonds. The summed E-state index contributed by atoms with van der Waals surface area (Å²) in [7, 11) is 1.58. The van der Waals surface area contributed by atoms with Crippen LogP contribution in [0.15, 0.2) is 88.4 Å². The Hall–Kier alpha value is -3.22. The van der Waals surface area contributed by atoms with E-state index in [-0.39, 0.29) is 11.6 Å². The molecule has 7 heteroatoms. The second kappa shape index (κ2) is 10.4. The number of hydrogen-bond acceptors (Lipinski definition) is 6. The van der Waals surface area contributed by atoms with Gasteiger partial charge in [-0.2, -0.15) is 0 Å². The molecule has 3 aromatic rings. The second-order valence-corrected chi connectivity index (χ2v) is 8.37. The van der Waals surface area contributed by atoms with Gasteiger partial charge in [-0.3, -0.25) is 0 Å². The van der Waals surface area contributed by atoms with E-state index >= 15 is 0 Å². The molecular weight excluding hydrogens is 446 g/mol. The number of rotatable bonds is 8. The summed E-state index contributed by atoms with van der Waals surface area (Å²) in [5.74, 6) is 1.78. The van der Waals surface area contributed by atoms with Gasteiger partial charge in [0.1, 0.15) is 0 Å². The molecular formula is C25H20ClNO4S. The summed E-state index contributed by atoms with van der Waals surface area (Å²) < 4.78 is 16.6. The summed E-state index contributed by atoms with van der Waals surface area (Å²) in [5.41, 5.74) is 1.65. The highest BCUT2D eigenvalue weighted by Crippen LogP contribution is 2.30. The van der Waals surface area contributed by atoms with Crippen LogP contribution in [0.1, 0.15) is 11.1 Å². The van der Waals surface area contributed by atoms with Gasteiger partial charge in [0.05, 0.1) is 13.7 Å². The van der Waals surface area contributed by atoms with E-state index in [0.717, 1.165) is 11.3 Å². The van der Waals surface area contributed by atoms with Gasteiger partial charge in [0.25, 0.3) is 0 Å². The van der Waals surface area contributed by atoms with Crippen molar-refractivity contribution < 1.29 is 19.0 Å². The van der Waals surface area contributed by atoms with Gasteiger partial charge < -0.3 is 14.2 Å². The topological polar surface area (TPSA) is 57.1 Å². The molecule has 0 radical (unpaired) electrons. The Morgan fingerprint density at radius 3 is 2.56 bits per heavy atom. The van der Waals surface area contributed by atoms with Crippen LogP contribution >= 0.6 is 23.4 Å². The molecule has 4 rings (SSSR count). The van der Waals surface area contributed by atoms with Crippen LogP contribution in [0.25, 0.3) is 6.08 Å². The molecule has 0 spiro atoms. The maximum atomic E-state index is 12.3. The molecule has 1 aliphatic rings. The Morgan fingerprint density at radius 2 is 1.81 bits per heavy atom. The minimum atomic E-state index is -0.507. The van der Waals surface area contributed by atoms with Gasteiger partial charge in [-0.1, -0.05) is 35.9 Å². The van der Waals surface area contributed by atoms with E-state index < -0.39 is 5.97 Å². The molecule has 3 aromatic carbocycles. The monoisotopic (exact) mass is 465 g/mol. The first-order valence-corrected chi connectivity index (χ1v) is 11.3. The lowest BCUT2D eigenvalue weighted by molar-refractivity contribution is -0.129. The van der Waals surface area contributed by atoms with E-state index in [2.05, 4.69) is 17.1 Å². The van der Waals surface area contributed by atoms with Gasteiger partial charge in [-0.25, -0.2) is 9.79 Å². The largest absolute Gasteiger partial charge is 0.493 e. The molecule has 1 aliphatic heterocycles. The summed E-state index contributed by atoms with van der Waals surface area (Å²) >= 11 is 7.64. The number of carbonyl (C=O) groups excluding carboxylic acids is 1. The number of methoxy groups -OCH3 is 1. The molecule has 5 nitrogen and oxygen atoms in total. The minimum Gasteiger partial charge on any atom is -0.493 e. The third-order valence-electron chi connectivity index (χ3n) is 4.56. The standard InChI is InChI=1S/C25H20ClNO4S/c1-29-23-16-17(7-12-22(23)30-13-14-32-20-5-3-2-4-6-20)15-21-25(28)31-24(27-21)18-8-10-19(26)11-9-18/h2-12,15-16H,13-14H2,1H3/b21-15+. The fourth-order valence-electron chi connectivity index (χ4n) is 3.00. The fourth-order valence-corrected chi connectivity index (χ4v) is 3.88.